The number of rotatable bonds is 4. The van der Waals surface area contributed by atoms with Crippen LogP contribution in [0.15, 0.2) is 18.2 Å². The molecule has 0 saturated heterocycles. The van der Waals surface area contributed by atoms with Gasteiger partial charge in [-0.15, -0.1) is 0 Å². The topological polar surface area (TPSA) is 41.3 Å². The van der Waals surface area contributed by atoms with Crippen LogP contribution in [0.3, 0.4) is 0 Å². The number of anilines is 2. The van der Waals surface area contributed by atoms with Crippen LogP contribution < -0.4 is 11.1 Å². The highest BCUT2D eigenvalue weighted by atomic mass is 15.2. The molecule has 1 aromatic carbocycles. The number of hydrogen-bond donors (Lipinski definition) is 2. The van der Waals surface area contributed by atoms with E-state index in [1.54, 1.807) is 0 Å². The third-order valence-corrected chi connectivity index (χ3v) is 4.13. The summed E-state index contributed by atoms with van der Waals surface area (Å²) in [6.07, 6.45) is 3.89. The molecule has 2 rings (SSSR count). The Hall–Kier alpha value is -1.22. The van der Waals surface area contributed by atoms with E-state index in [-0.39, 0.29) is 0 Å². The Labute approximate surface area is 104 Å². The first-order valence-corrected chi connectivity index (χ1v) is 6.31. The zero-order valence-corrected chi connectivity index (χ0v) is 11.1. The molecule has 0 unspecified atom stereocenters. The minimum absolute atomic E-state index is 0.328. The molecule has 17 heavy (non-hydrogen) atoms. The Balaban J connectivity index is 2.07. The molecule has 1 aliphatic rings. The van der Waals surface area contributed by atoms with Crippen molar-refractivity contribution in [2.45, 2.75) is 31.7 Å². The van der Waals surface area contributed by atoms with Gasteiger partial charge in [-0.25, -0.2) is 0 Å². The van der Waals surface area contributed by atoms with Crippen LogP contribution in [0.25, 0.3) is 0 Å². The average molecular weight is 233 g/mol. The van der Waals surface area contributed by atoms with Gasteiger partial charge < -0.3 is 16.0 Å². The summed E-state index contributed by atoms with van der Waals surface area (Å²) in [6, 6.07) is 6.06. The van der Waals surface area contributed by atoms with Crippen LogP contribution in [0.5, 0.6) is 0 Å². The number of nitrogens with one attached hydrogen (secondary N) is 1. The zero-order chi connectivity index (χ0) is 12.5. The lowest BCUT2D eigenvalue weighted by molar-refractivity contribution is 0.0739. The maximum atomic E-state index is 6.01. The number of nitrogens with zero attached hydrogens (tertiary/aromatic N) is 1. The van der Waals surface area contributed by atoms with Crippen molar-refractivity contribution in [3.05, 3.63) is 23.8 Å². The largest absolute Gasteiger partial charge is 0.397 e. The Morgan fingerprint density at radius 2 is 2.06 bits per heavy atom. The van der Waals surface area contributed by atoms with Gasteiger partial charge in [0.05, 0.1) is 11.4 Å². The molecular formula is C14H23N3. The van der Waals surface area contributed by atoms with Crippen LogP contribution in [0.4, 0.5) is 11.4 Å². The summed E-state index contributed by atoms with van der Waals surface area (Å²) in [6.45, 7) is 3.08. The molecule has 0 atom stereocenters. The molecule has 0 aromatic heterocycles. The lowest BCUT2D eigenvalue weighted by Crippen LogP contribution is -2.54. The third kappa shape index (κ3) is 2.25. The lowest BCUT2D eigenvalue weighted by Gasteiger charge is -2.47. The van der Waals surface area contributed by atoms with Gasteiger partial charge in [-0.2, -0.15) is 0 Å². The van der Waals surface area contributed by atoms with E-state index in [2.05, 4.69) is 37.3 Å². The van der Waals surface area contributed by atoms with E-state index in [1.807, 2.05) is 12.1 Å². The molecule has 0 bridgehead atoms. The Kier molecular flexibility index (Phi) is 3.29. The molecule has 3 heteroatoms. The van der Waals surface area contributed by atoms with E-state index in [0.717, 1.165) is 17.9 Å². The normalized spacial score (nSPS) is 17.9. The molecule has 1 saturated carbocycles. The van der Waals surface area contributed by atoms with E-state index in [4.69, 9.17) is 5.73 Å². The van der Waals surface area contributed by atoms with Crippen LogP contribution in [0, 0.1) is 6.92 Å². The fourth-order valence-corrected chi connectivity index (χ4v) is 2.55. The highest BCUT2D eigenvalue weighted by Gasteiger charge is 2.38. The summed E-state index contributed by atoms with van der Waals surface area (Å²) >= 11 is 0. The smallest absolute Gasteiger partial charge is 0.0604 e. The fourth-order valence-electron chi connectivity index (χ4n) is 2.55. The molecule has 1 aliphatic carbocycles. The second-order valence-corrected chi connectivity index (χ2v) is 5.37. The van der Waals surface area contributed by atoms with Gasteiger partial charge in [0.15, 0.2) is 0 Å². The van der Waals surface area contributed by atoms with E-state index in [1.165, 1.54) is 24.8 Å². The zero-order valence-electron chi connectivity index (χ0n) is 11.1. The second kappa shape index (κ2) is 4.57. The van der Waals surface area contributed by atoms with Crippen molar-refractivity contribution >= 4 is 11.4 Å². The molecule has 3 N–H and O–H groups in total. The molecule has 0 heterocycles. The minimum Gasteiger partial charge on any atom is -0.397 e. The van der Waals surface area contributed by atoms with Crippen molar-refractivity contribution in [3.63, 3.8) is 0 Å². The molecule has 3 nitrogen and oxygen atoms in total. The standard InChI is InChI=1S/C14H23N3/c1-11-6-4-7-12(15)13(11)16-10-14(17(2)3)8-5-9-14/h4,6-7,16H,5,8-10,15H2,1-3H3. The van der Waals surface area contributed by atoms with Gasteiger partial charge in [-0.3, -0.25) is 0 Å². The summed E-state index contributed by atoms with van der Waals surface area (Å²) in [4.78, 5) is 2.35. The van der Waals surface area contributed by atoms with Gasteiger partial charge >= 0.3 is 0 Å². The number of nitrogens with two attached hydrogens (primary N) is 1. The van der Waals surface area contributed by atoms with Crippen LogP contribution in [0.1, 0.15) is 24.8 Å². The number of hydrogen-bond acceptors (Lipinski definition) is 3. The first-order chi connectivity index (χ1) is 8.05. The monoisotopic (exact) mass is 233 g/mol. The van der Waals surface area contributed by atoms with Gasteiger partial charge in [0.2, 0.25) is 0 Å². The first-order valence-electron chi connectivity index (χ1n) is 6.31. The summed E-state index contributed by atoms with van der Waals surface area (Å²) in [5, 5.41) is 3.54. The predicted molar refractivity (Wildman–Crippen MR) is 74.4 cm³/mol. The first kappa shape index (κ1) is 12.2. The van der Waals surface area contributed by atoms with Crippen molar-refractivity contribution in [1.82, 2.24) is 4.90 Å². The van der Waals surface area contributed by atoms with Crippen LogP contribution in [-0.4, -0.2) is 31.1 Å². The van der Waals surface area contributed by atoms with E-state index >= 15 is 0 Å². The molecule has 0 radical (unpaired) electrons. The fraction of sp³-hybridized carbons (Fsp3) is 0.571. The summed E-state index contributed by atoms with van der Waals surface area (Å²) in [7, 11) is 4.34. The number of nitrogen functional groups attached to an aromatic ring is 1. The Bertz CT molecular complexity index is 374. The Morgan fingerprint density at radius 3 is 2.53 bits per heavy atom. The molecular weight excluding hydrogens is 210 g/mol. The predicted octanol–water partition coefficient (Wildman–Crippen LogP) is 2.47. The van der Waals surface area contributed by atoms with Crippen molar-refractivity contribution in [2.75, 3.05) is 31.7 Å². The number of aryl methyl sites for hydroxylation is 1. The number of likely N-dealkylation sites (N-methyl/N-ethyl adjacent to an activating group) is 1. The van der Waals surface area contributed by atoms with Crippen LogP contribution >= 0.6 is 0 Å². The van der Waals surface area contributed by atoms with Crippen molar-refractivity contribution < 1.29 is 0 Å². The number of para-hydroxylation sites is 1. The third-order valence-electron chi connectivity index (χ3n) is 4.13. The molecule has 94 valence electrons. The summed E-state index contributed by atoms with van der Waals surface area (Å²) < 4.78 is 0. The number of benzene rings is 1. The van der Waals surface area contributed by atoms with Crippen LogP contribution in [-0.2, 0) is 0 Å². The second-order valence-electron chi connectivity index (χ2n) is 5.37. The van der Waals surface area contributed by atoms with Crippen molar-refractivity contribution in [3.8, 4) is 0 Å². The highest BCUT2D eigenvalue weighted by molar-refractivity contribution is 5.70. The summed E-state index contributed by atoms with van der Waals surface area (Å²) in [5.41, 5.74) is 9.50. The SMILES string of the molecule is Cc1cccc(N)c1NCC1(N(C)C)CCC1. The molecule has 1 fully saturated rings. The average Bonchev–Trinajstić information content (AvgIpc) is 2.19. The van der Waals surface area contributed by atoms with E-state index in [0.29, 0.717) is 5.54 Å². The van der Waals surface area contributed by atoms with Gasteiger partial charge in [-0.1, -0.05) is 12.1 Å². The van der Waals surface area contributed by atoms with Gasteiger partial charge in [0, 0.05) is 12.1 Å². The quantitative estimate of drug-likeness (QED) is 0.785. The van der Waals surface area contributed by atoms with Crippen molar-refractivity contribution in [2.24, 2.45) is 0 Å². The van der Waals surface area contributed by atoms with Gasteiger partial charge in [0.1, 0.15) is 0 Å². The van der Waals surface area contributed by atoms with Gasteiger partial charge in [0.25, 0.3) is 0 Å². The minimum atomic E-state index is 0.328. The maximum absolute atomic E-state index is 6.01. The molecule has 0 spiro atoms. The Morgan fingerprint density at radius 1 is 1.35 bits per heavy atom. The van der Waals surface area contributed by atoms with Crippen LogP contribution in [0.2, 0.25) is 0 Å². The maximum Gasteiger partial charge on any atom is 0.0604 e. The van der Waals surface area contributed by atoms with E-state index in [9.17, 15) is 0 Å². The highest BCUT2D eigenvalue weighted by Crippen LogP contribution is 2.37. The van der Waals surface area contributed by atoms with Gasteiger partial charge in [-0.05, 0) is 51.9 Å². The summed E-state index contributed by atoms with van der Waals surface area (Å²) in [5.74, 6) is 0. The lowest BCUT2D eigenvalue weighted by atomic mass is 9.75. The molecule has 0 amide bonds. The van der Waals surface area contributed by atoms with E-state index < -0.39 is 0 Å². The van der Waals surface area contributed by atoms with Crippen molar-refractivity contribution in [1.29, 1.82) is 0 Å². The molecule has 1 aromatic rings. The molecule has 0 aliphatic heterocycles.